The Hall–Kier alpha value is 0.640. The van der Waals surface area contributed by atoms with Crippen LogP contribution >= 0.6 is 24.8 Å². The molecule has 2 aliphatic carbocycles. The van der Waals surface area contributed by atoms with E-state index < -0.39 is 0 Å². The Morgan fingerprint density at radius 2 is 0.958 bits per heavy atom. The summed E-state index contributed by atoms with van der Waals surface area (Å²) in [6.07, 6.45) is 11.0. The second kappa shape index (κ2) is 23.6. The van der Waals surface area contributed by atoms with E-state index in [0.717, 1.165) is 0 Å². The van der Waals surface area contributed by atoms with Crippen molar-refractivity contribution >= 4 is 31.7 Å². The van der Waals surface area contributed by atoms with E-state index in [-0.39, 0.29) is 24.8 Å². The summed E-state index contributed by atoms with van der Waals surface area (Å²) in [6.45, 7) is 24.8. The molecule has 0 aromatic rings. The Morgan fingerprint density at radius 3 is 1.00 bits per heavy atom. The third kappa shape index (κ3) is 17.5. The van der Waals surface area contributed by atoms with Gasteiger partial charge in [-0.25, -0.2) is 23.3 Å². The molecule has 0 bridgehead atoms. The summed E-state index contributed by atoms with van der Waals surface area (Å²) in [6, 6.07) is 0. The average Bonchev–Trinajstić information content (AvgIpc) is 2.97. The molecule has 24 heavy (non-hydrogen) atoms. The minimum absolute atomic E-state index is 0. The van der Waals surface area contributed by atoms with Crippen molar-refractivity contribution in [2.24, 2.45) is 11.8 Å². The molecule has 0 aromatic carbocycles. The van der Waals surface area contributed by atoms with Gasteiger partial charge in [0.15, 0.2) is 0 Å². The van der Waals surface area contributed by atoms with Crippen LogP contribution in [0.25, 0.3) is 0 Å². The van der Waals surface area contributed by atoms with Gasteiger partial charge in [0, 0.05) is 0 Å². The summed E-state index contributed by atoms with van der Waals surface area (Å²) >= 11 is 1.58. The fraction of sp³-hybridized carbons (Fsp3) is 0.500. The van der Waals surface area contributed by atoms with Crippen LogP contribution in [0.5, 0.6) is 0 Å². The zero-order chi connectivity index (χ0) is 18.3. The number of rotatable bonds is 0. The molecular weight excluding hydrogens is 430 g/mol. The molecule has 2 atom stereocenters. The van der Waals surface area contributed by atoms with Gasteiger partial charge in [-0.3, -0.25) is 12.2 Å². The molecule has 0 saturated heterocycles. The molecule has 0 saturated carbocycles. The van der Waals surface area contributed by atoms with E-state index in [1.807, 2.05) is 6.88 Å². The Bertz CT molecular complexity index is 372. The van der Waals surface area contributed by atoms with Crippen LogP contribution in [0.15, 0.2) is 34.4 Å². The van der Waals surface area contributed by atoms with Crippen molar-refractivity contribution in [1.82, 2.24) is 0 Å². The predicted molar refractivity (Wildman–Crippen MR) is 116 cm³/mol. The maximum atomic E-state index is 3.29. The SMILES string of the molecule is CC1=[C-]C(C)C(C)=C1.CC1=[C-]C(C)C(C)=C1.Cl.Cl.[CH2-]C.[CH2-]C.[SiH2]=[Zr]. The van der Waals surface area contributed by atoms with Crippen LogP contribution in [0.3, 0.4) is 0 Å². The summed E-state index contributed by atoms with van der Waals surface area (Å²) in [5.41, 5.74) is 5.44. The van der Waals surface area contributed by atoms with Crippen molar-refractivity contribution < 1.29 is 23.3 Å². The average molecular weight is 467 g/mol. The van der Waals surface area contributed by atoms with Crippen molar-refractivity contribution in [3.63, 3.8) is 0 Å². The van der Waals surface area contributed by atoms with Crippen LogP contribution in [0.2, 0.25) is 0 Å². The molecule has 0 amide bonds. The zero-order valence-corrected chi connectivity index (χ0v) is 22.3. The second-order valence-electron chi connectivity index (χ2n) is 4.87. The van der Waals surface area contributed by atoms with Crippen LogP contribution in [-0.2, 0) is 23.3 Å². The predicted octanol–water partition coefficient (Wildman–Crippen LogP) is 6.27. The van der Waals surface area contributed by atoms with Crippen molar-refractivity contribution in [1.29, 1.82) is 0 Å². The van der Waals surface area contributed by atoms with Gasteiger partial charge in [-0.05, 0) is 0 Å². The van der Waals surface area contributed by atoms with Crippen molar-refractivity contribution in [2.75, 3.05) is 0 Å². The molecule has 142 valence electrons. The third-order valence-electron chi connectivity index (χ3n) is 3.14. The molecule has 2 rings (SSSR count). The maximum absolute atomic E-state index is 3.29. The Morgan fingerprint density at radius 1 is 0.750 bits per heavy atom. The Balaban J connectivity index is -0.0000000720. The van der Waals surface area contributed by atoms with E-state index in [0.29, 0.717) is 11.8 Å². The zero-order valence-electron chi connectivity index (χ0n) is 16.7. The van der Waals surface area contributed by atoms with Crippen LogP contribution in [0, 0.1) is 37.8 Å². The number of hydrogen-bond acceptors (Lipinski definition) is 0. The minimum atomic E-state index is 0. The van der Waals surface area contributed by atoms with E-state index in [4.69, 9.17) is 0 Å². The molecule has 2 aliphatic rings. The fourth-order valence-electron chi connectivity index (χ4n) is 1.93. The first kappa shape index (κ1) is 35.7. The van der Waals surface area contributed by atoms with Gasteiger partial charge in [-0.2, -0.15) is 25.0 Å². The summed E-state index contributed by atoms with van der Waals surface area (Å²) < 4.78 is 0. The quantitative estimate of drug-likeness (QED) is 0.292. The number of halogens is 2. The van der Waals surface area contributed by atoms with Gasteiger partial charge in [-0.15, -0.1) is 24.8 Å². The van der Waals surface area contributed by atoms with Crippen LogP contribution in [0.1, 0.15) is 55.4 Å². The Kier molecular flexibility index (Phi) is 35.2. The van der Waals surface area contributed by atoms with Gasteiger partial charge in [0.25, 0.3) is 0 Å². The van der Waals surface area contributed by atoms with Crippen LogP contribution in [-0.4, -0.2) is 6.88 Å². The fourth-order valence-corrected chi connectivity index (χ4v) is 1.93. The van der Waals surface area contributed by atoms with Gasteiger partial charge >= 0.3 is 30.2 Å². The molecule has 0 radical (unpaired) electrons. The summed E-state index contributed by atoms with van der Waals surface area (Å²) in [7, 11) is 0. The molecular formula is C20H36Cl2SiZr-4. The molecule has 0 nitrogen and oxygen atoms in total. The number of hydrogen-bond donors (Lipinski definition) is 0. The first-order valence-corrected chi connectivity index (χ1v) is 13.7. The van der Waals surface area contributed by atoms with Crippen molar-refractivity contribution in [3.05, 3.63) is 60.4 Å². The molecule has 0 N–H and O–H groups in total. The van der Waals surface area contributed by atoms with Gasteiger partial charge in [-0.1, -0.05) is 53.4 Å². The van der Waals surface area contributed by atoms with Gasteiger partial charge in [0.1, 0.15) is 0 Å². The van der Waals surface area contributed by atoms with Crippen molar-refractivity contribution in [2.45, 2.75) is 55.4 Å². The van der Waals surface area contributed by atoms with Crippen molar-refractivity contribution in [3.8, 4) is 0 Å². The van der Waals surface area contributed by atoms with E-state index in [1.165, 1.54) is 22.3 Å². The van der Waals surface area contributed by atoms with E-state index >= 15 is 0 Å². The molecule has 4 heteroatoms. The number of allylic oxidation sites excluding steroid dienone is 8. The monoisotopic (exact) mass is 464 g/mol. The first-order chi connectivity index (χ1) is 10.4. The van der Waals surface area contributed by atoms with E-state index in [9.17, 15) is 0 Å². The van der Waals surface area contributed by atoms with Gasteiger partial charge in [0.2, 0.25) is 0 Å². The summed E-state index contributed by atoms with van der Waals surface area (Å²) in [5, 5.41) is 0. The van der Waals surface area contributed by atoms with Crippen LogP contribution < -0.4 is 0 Å². The molecule has 0 heterocycles. The molecule has 2 unspecified atom stereocenters. The summed E-state index contributed by atoms with van der Waals surface area (Å²) in [5.74, 6) is 1.13. The second-order valence-corrected chi connectivity index (χ2v) is 4.87. The van der Waals surface area contributed by atoms with E-state index in [2.05, 4.69) is 79.7 Å². The third-order valence-corrected chi connectivity index (χ3v) is 3.14. The topological polar surface area (TPSA) is 0 Å². The summed E-state index contributed by atoms with van der Waals surface area (Å²) in [4.78, 5) is 0. The van der Waals surface area contributed by atoms with Gasteiger partial charge < -0.3 is 13.8 Å². The Labute approximate surface area is 181 Å². The molecule has 0 aromatic heterocycles. The standard InChI is InChI=1S/2C8H11.2C2H5.2ClH.H2Si.Zr/c2*1-6-4-7(2)8(3)5-6;2*1-2;;;;/h2*4,8H,1-3H3;2*1H2,2H3;2*1H;1H2;/q4*-1;;;;. The molecule has 0 spiro atoms. The van der Waals surface area contributed by atoms with Crippen LogP contribution in [0.4, 0.5) is 0 Å². The van der Waals surface area contributed by atoms with E-state index in [1.54, 1.807) is 37.2 Å². The van der Waals surface area contributed by atoms with Gasteiger partial charge in [0.05, 0.1) is 0 Å². The molecule has 0 fully saturated rings. The first-order valence-electron chi connectivity index (χ1n) is 7.73. The normalized spacial score (nSPS) is 19.0. The molecule has 0 aliphatic heterocycles.